The number of rotatable bonds is 7. The van der Waals surface area contributed by atoms with Gasteiger partial charge in [0, 0.05) is 36.6 Å². The van der Waals surface area contributed by atoms with Crippen molar-refractivity contribution < 1.29 is 19.0 Å². The molecule has 0 aliphatic carbocycles. The molecule has 5 rings (SSSR count). The van der Waals surface area contributed by atoms with Gasteiger partial charge in [-0.15, -0.1) is 0 Å². The number of aliphatic hydroxyl groups excluding tert-OH is 1. The van der Waals surface area contributed by atoms with Gasteiger partial charge in [0.05, 0.1) is 36.9 Å². The number of aromatic amines is 1. The molecule has 4 heterocycles. The molecule has 0 amide bonds. The largest absolute Gasteiger partial charge is 0.396 e. The Morgan fingerprint density at radius 3 is 2.62 bits per heavy atom. The maximum absolute atomic E-state index is 13.5. The molecule has 34 heavy (non-hydrogen) atoms. The first-order valence-electron chi connectivity index (χ1n) is 10.9. The average Bonchev–Trinajstić information content (AvgIpc) is 3.34. The normalized spacial score (nSPS) is 18.1. The maximum Gasteiger partial charge on any atom is 0.223 e. The van der Waals surface area contributed by atoms with Crippen molar-refractivity contribution in [1.82, 2.24) is 24.9 Å². The summed E-state index contributed by atoms with van der Waals surface area (Å²) in [4.78, 5) is 21.0. The van der Waals surface area contributed by atoms with E-state index in [0.717, 1.165) is 5.56 Å². The highest BCUT2D eigenvalue weighted by molar-refractivity contribution is 5.77. The summed E-state index contributed by atoms with van der Waals surface area (Å²) in [5, 5.41) is 12.5. The molecule has 3 aromatic heterocycles. The van der Waals surface area contributed by atoms with Crippen molar-refractivity contribution in [3.8, 4) is 22.6 Å². The molecule has 0 bridgehead atoms. The van der Waals surface area contributed by atoms with Crippen LogP contribution in [0.4, 0.5) is 10.3 Å². The Morgan fingerprint density at radius 1 is 1.06 bits per heavy atom. The van der Waals surface area contributed by atoms with Crippen molar-refractivity contribution in [2.24, 2.45) is 5.92 Å². The van der Waals surface area contributed by atoms with Gasteiger partial charge in [0.25, 0.3) is 0 Å². The van der Waals surface area contributed by atoms with Gasteiger partial charge in [0.1, 0.15) is 5.82 Å². The second-order valence-corrected chi connectivity index (χ2v) is 7.88. The lowest BCUT2D eigenvalue weighted by Crippen LogP contribution is -2.29. The van der Waals surface area contributed by atoms with Gasteiger partial charge in [0.2, 0.25) is 12.2 Å². The molecule has 0 radical (unpaired) electrons. The van der Waals surface area contributed by atoms with Crippen LogP contribution < -0.4 is 5.32 Å². The fraction of sp³-hybridized carbons (Fsp3) is 0.250. The van der Waals surface area contributed by atoms with E-state index in [9.17, 15) is 9.50 Å². The summed E-state index contributed by atoms with van der Waals surface area (Å²) in [5.74, 6) is 0.504. The third kappa shape index (κ3) is 4.93. The zero-order valence-corrected chi connectivity index (χ0v) is 18.2. The minimum Gasteiger partial charge on any atom is -0.396 e. The summed E-state index contributed by atoms with van der Waals surface area (Å²) in [6, 6.07) is 11.7. The fourth-order valence-corrected chi connectivity index (χ4v) is 3.58. The standard InChI is InChI=1S/C24H23FN6O3/c25-18-5-3-17(4-6-18)20-21(31-22(30-20)23-33-13-16(12-32)14-34-23)19-7-9-27-24(29-19)28-11-15-2-1-8-26-10-15/h1-10,16,23,32H,11-14H2,(H,30,31)(H,27,28,29). The van der Waals surface area contributed by atoms with Crippen molar-refractivity contribution in [3.63, 3.8) is 0 Å². The summed E-state index contributed by atoms with van der Waals surface area (Å²) in [6.45, 7) is 1.23. The van der Waals surface area contributed by atoms with Crippen molar-refractivity contribution >= 4 is 5.95 Å². The summed E-state index contributed by atoms with van der Waals surface area (Å²) < 4.78 is 25.0. The first kappa shape index (κ1) is 22.1. The Kier molecular flexibility index (Phi) is 6.52. The van der Waals surface area contributed by atoms with Gasteiger partial charge in [-0.05, 0) is 42.0 Å². The molecule has 0 unspecified atom stereocenters. The number of anilines is 1. The summed E-state index contributed by atoms with van der Waals surface area (Å²) in [5.41, 5.74) is 3.53. The van der Waals surface area contributed by atoms with Crippen molar-refractivity contribution in [1.29, 1.82) is 0 Å². The van der Waals surface area contributed by atoms with Crippen LogP contribution in [0.3, 0.4) is 0 Å². The molecule has 1 aromatic carbocycles. The van der Waals surface area contributed by atoms with Crippen LogP contribution in [-0.4, -0.2) is 49.8 Å². The number of ether oxygens (including phenoxy) is 2. The summed E-state index contributed by atoms with van der Waals surface area (Å²) >= 11 is 0. The summed E-state index contributed by atoms with van der Waals surface area (Å²) in [6.07, 6.45) is 4.44. The number of hydrogen-bond donors (Lipinski definition) is 3. The topological polar surface area (TPSA) is 118 Å². The number of aromatic nitrogens is 5. The molecule has 0 saturated carbocycles. The lowest BCUT2D eigenvalue weighted by molar-refractivity contribution is -0.213. The van der Waals surface area contributed by atoms with E-state index < -0.39 is 6.29 Å². The van der Waals surface area contributed by atoms with Crippen molar-refractivity contribution in [2.75, 3.05) is 25.1 Å². The molecular weight excluding hydrogens is 439 g/mol. The number of nitrogens with zero attached hydrogens (tertiary/aromatic N) is 4. The molecule has 174 valence electrons. The van der Waals surface area contributed by atoms with Gasteiger partial charge in [-0.25, -0.2) is 19.3 Å². The zero-order valence-electron chi connectivity index (χ0n) is 18.2. The molecule has 4 aromatic rings. The minimum absolute atomic E-state index is 0.00723. The smallest absolute Gasteiger partial charge is 0.223 e. The van der Waals surface area contributed by atoms with Gasteiger partial charge in [-0.2, -0.15) is 0 Å². The molecule has 3 N–H and O–H groups in total. The molecule has 1 saturated heterocycles. The number of H-pyrrole nitrogens is 1. The average molecular weight is 462 g/mol. The third-order valence-corrected chi connectivity index (χ3v) is 5.37. The first-order valence-corrected chi connectivity index (χ1v) is 10.9. The second-order valence-electron chi connectivity index (χ2n) is 7.88. The van der Waals surface area contributed by atoms with Crippen LogP contribution in [0.5, 0.6) is 0 Å². The highest BCUT2D eigenvalue weighted by Gasteiger charge is 2.27. The van der Waals surface area contributed by atoms with Crippen LogP contribution in [0.15, 0.2) is 61.1 Å². The first-order chi connectivity index (χ1) is 16.7. The van der Waals surface area contributed by atoms with Crippen LogP contribution in [0.1, 0.15) is 17.7 Å². The van der Waals surface area contributed by atoms with Crippen molar-refractivity contribution in [3.05, 3.63) is 78.3 Å². The number of pyridine rings is 1. The minimum atomic E-state index is -0.708. The SMILES string of the molecule is OCC1COC(c2nc(-c3ccc(F)cc3)c(-c3ccnc(NCc4cccnc4)n3)[nH]2)OC1. The second kappa shape index (κ2) is 10.0. The van der Waals surface area contributed by atoms with E-state index in [1.165, 1.54) is 12.1 Å². The lowest BCUT2D eigenvalue weighted by atomic mass is 10.1. The Hall–Kier alpha value is -3.73. The fourth-order valence-electron chi connectivity index (χ4n) is 3.58. The quantitative estimate of drug-likeness (QED) is 0.383. The number of nitrogens with one attached hydrogen (secondary N) is 2. The van der Waals surface area contributed by atoms with Crippen molar-refractivity contribution in [2.45, 2.75) is 12.8 Å². The molecule has 1 fully saturated rings. The third-order valence-electron chi connectivity index (χ3n) is 5.37. The number of benzene rings is 1. The molecule has 1 aliphatic heterocycles. The van der Waals surface area contributed by atoms with Crippen LogP contribution in [0.2, 0.25) is 0 Å². The Balaban J connectivity index is 1.46. The van der Waals surface area contributed by atoms with Crippen LogP contribution in [0, 0.1) is 11.7 Å². The van der Waals surface area contributed by atoms with Crippen LogP contribution >= 0.6 is 0 Å². The molecule has 9 nitrogen and oxygen atoms in total. The number of halogens is 1. The predicted molar refractivity (Wildman–Crippen MR) is 122 cm³/mol. The van der Waals surface area contributed by atoms with Crippen LogP contribution in [-0.2, 0) is 16.0 Å². The monoisotopic (exact) mass is 462 g/mol. The maximum atomic E-state index is 13.5. The van der Waals surface area contributed by atoms with Gasteiger partial charge in [-0.3, -0.25) is 4.98 Å². The zero-order chi connectivity index (χ0) is 23.3. The Morgan fingerprint density at radius 2 is 1.88 bits per heavy atom. The number of hydrogen-bond acceptors (Lipinski definition) is 8. The highest BCUT2D eigenvalue weighted by atomic mass is 19.1. The van der Waals surface area contributed by atoms with E-state index in [4.69, 9.17) is 14.5 Å². The summed E-state index contributed by atoms with van der Waals surface area (Å²) in [7, 11) is 0. The highest BCUT2D eigenvalue weighted by Crippen LogP contribution is 2.33. The van der Waals surface area contributed by atoms with Gasteiger partial charge < -0.3 is 24.9 Å². The van der Waals surface area contributed by atoms with Gasteiger partial charge >= 0.3 is 0 Å². The van der Waals surface area contributed by atoms with Crippen LogP contribution in [0.25, 0.3) is 22.6 Å². The Bertz CT molecular complexity index is 1230. The molecule has 1 aliphatic rings. The molecule has 0 spiro atoms. The van der Waals surface area contributed by atoms with E-state index >= 15 is 0 Å². The van der Waals surface area contributed by atoms with E-state index in [0.29, 0.717) is 54.2 Å². The lowest BCUT2D eigenvalue weighted by Gasteiger charge is -2.26. The van der Waals surface area contributed by atoms with Gasteiger partial charge in [-0.1, -0.05) is 6.07 Å². The van der Waals surface area contributed by atoms with E-state index in [1.807, 2.05) is 12.1 Å². The van der Waals surface area contributed by atoms with E-state index in [-0.39, 0.29) is 18.3 Å². The number of aliphatic hydroxyl groups is 1. The molecule has 0 atom stereocenters. The predicted octanol–water partition coefficient (Wildman–Crippen LogP) is 3.33. The Labute approximate surface area is 195 Å². The molecule has 10 heteroatoms. The van der Waals surface area contributed by atoms with Gasteiger partial charge in [0.15, 0.2) is 5.82 Å². The molecular formula is C24H23FN6O3. The number of imidazole rings is 1. The van der Waals surface area contributed by atoms with E-state index in [1.54, 1.807) is 36.8 Å². The van der Waals surface area contributed by atoms with E-state index in [2.05, 4.69) is 25.3 Å².